The molecule has 0 spiro atoms. The lowest BCUT2D eigenvalue weighted by Crippen LogP contribution is -2.42. The summed E-state index contributed by atoms with van der Waals surface area (Å²) in [5.74, 6) is -0.153. The van der Waals surface area contributed by atoms with Crippen molar-refractivity contribution in [2.24, 2.45) is 7.05 Å². The molecule has 1 atom stereocenters. The molecule has 11 heteroatoms. The second-order valence-electron chi connectivity index (χ2n) is 7.34. The Morgan fingerprint density at radius 2 is 2.13 bits per heavy atom. The van der Waals surface area contributed by atoms with E-state index in [9.17, 15) is 13.2 Å². The maximum atomic E-state index is 13.3. The van der Waals surface area contributed by atoms with Crippen molar-refractivity contribution in [3.63, 3.8) is 0 Å². The van der Waals surface area contributed by atoms with Crippen LogP contribution in [0.4, 0.5) is 0 Å². The van der Waals surface area contributed by atoms with Gasteiger partial charge in [-0.3, -0.25) is 9.48 Å². The van der Waals surface area contributed by atoms with E-state index in [2.05, 4.69) is 10.1 Å². The highest BCUT2D eigenvalue weighted by Crippen LogP contribution is 2.38. The van der Waals surface area contributed by atoms with Crippen molar-refractivity contribution in [3.8, 4) is 0 Å². The number of pyridine rings is 1. The number of thiophene rings is 1. The molecule has 0 radical (unpaired) electrons. The Hall–Kier alpha value is -2.34. The molecule has 0 N–H and O–H groups in total. The molecule has 1 aliphatic heterocycles. The molecule has 0 aliphatic carbocycles. The summed E-state index contributed by atoms with van der Waals surface area (Å²) in [7, 11) is 1.35. The fourth-order valence-electron chi connectivity index (χ4n) is 3.52. The van der Waals surface area contributed by atoms with Gasteiger partial charge in [-0.25, -0.2) is 13.4 Å². The third-order valence-electron chi connectivity index (χ3n) is 5.26. The van der Waals surface area contributed by atoms with E-state index in [1.165, 1.54) is 31.4 Å². The van der Waals surface area contributed by atoms with Gasteiger partial charge in [0.1, 0.15) is 14.6 Å². The number of rotatable bonds is 4. The molecule has 1 fully saturated rings. The SMILES string of the molecule is Cc1c(S(=O)(=O)N2CCO[C@H](c3c(C(=O)N(C)C)sc4ncccc34)C2)cnn1C. The van der Waals surface area contributed by atoms with Crippen LogP contribution in [0.25, 0.3) is 10.2 Å². The second-order valence-corrected chi connectivity index (χ2v) is 10.2. The number of aryl methyl sites for hydroxylation is 1. The number of sulfonamides is 1. The highest BCUT2D eigenvalue weighted by atomic mass is 32.2. The number of carbonyl (C=O) groups excluding carboxylic acids is 1. The molecule has 1 amide bonds. The number of nitrogens with zero attached hydrogens (tertiary/aromatic N) is 5. The maximum Gasteiger partial charge on any atom is 0.263 e. The van der Waals surface area contributed by atoms with E-state index in [0.717, 1.165) is 10.2 Å². The number of hydrogen-bond donors (Lipinski definition) is 0. The van der Waals surface area contributed by atoms with Crippen molar-refractivity contribution in [2.75, 3.05) is 33.8 Å². The molecule has 9 nitrogen and oxygen atoms in total. The van der Waals surface area contributed by atoms with Crippen LogP contribution in [0.2, 0.25) is 0 Å². The van der Waals surface area contributed by atoms with Gasteiger partial charge < -0.3 is 9.64 Å². The summed E-state index contributed by atoms with van der Waals surface area (Å²) in [5.41, 5.74) is 1.27. The first-order chi connectivity index (χ1) is 14.2. The number of fused-ring (bicyclic) bond motifs is 1. The smallest absolute Gasteiger partial charge is 0.263 e. The first-order valence-electron chi connectivity index (χ1n) is 9.41. The Morgan fingerprint density at radius 1 is 1.37 bits per heavy atom. The van der Waals surface area contributed by atoms with Crippen LogP contribution in [0.15, 0.2) is 29.4 Å². The van der Waals surface area contributed by atoms with Crippen molar-refractivity contribution in [2.45, 2.75) is 17.9 Å². The van der Waals surface area contributed by atoms with Crippen LogP contribution in [0.3, 0.4) is 0 Å². The highest BCUT2D eigenvalue weighted by Gasteiger charge is 2.36. The lowest BCUT2D eigenvalue weighted by atomic mass is 10.0. The predicted molar refractivity (Wildman–Crippen MR) is 113 cm³/mol. The van der Waals surface area contributed by atoms with E-state index in [4.69, 9.17) is 4.74 Å². The lowest BCUT2D eigenvalue weighted by molar-refractivity contribution is -0.00205. The fraction of sp³-hybridized carbons (Fsp3) is 0.421. The summed E-state index contributed by atoms with van der Waals surface area (Å²) in [5, 5.41) is 4.88. The van der Waals surface area contributed by atoms with Crippen molar-refractivity contribution in [3.05, 3.63) is 40.7 Å². The molecule has 0 bridgehead atoms. The Morgan fingerprint density at radius 3 is 2.80 bits per heavy atom. The Bertz CT molecular complexity index is 1210. The van der Waals surface area contributed by atoms with E-state index < -0.39 is 16.1 Å². The molecule has 30 heavy (non-hydrogen) atoms. The number of amides is 1. The molecule has 0 unspecified atom stereocenters. The normalized spacial score (nSPS) is 18.1. The van der Waals surface area contributed by atoms with E-state index in [0.29, 0.717) is 16.1 Å². The first-order valence-corrected chi connectivity index (χ1v) is 11.7. The Kier molecular flexibility index (Phi) is 5.39. The lowest BCUT2D eigenvalue weighted by Gasteiger charge is -2.32. The summed E-state index contributed by atoms with van der Waals surface area (Å²) in [6.07, 6.45) is 2.48. The molecule has 160 valence electrons. The van der Waals surface area contributed by atoms with Gasteiger partial charge in [-0.05, 0) is 13.0 Å². The highest BCUT2D eigenvalue weighted by molar-refractivity contribution is 7.89. The van der Waals surface area contributed by atoms with Gasteiger partial charge in [0.05, 0.1) is 24.6 Å². The van der Waals surface area contributed by atoms with E-state index in [-0.39, 0.29) is 30.5 Å². The fourth-order valence-corrected chi connectivity index (χ4v) is 6.35. The molecule has 4 rings (SSSR count). The van der Waals surface area contributed by atoms with Gasteiger partial charge in [-0.1, -0.05) is 6.07 Å². The van der Waals surface area contributed by atoms with Gasteiger partial charge in [0.25, 0.3) is 5.91 Å². The first kappa shape index (κ1) is 20.9. The van der Waals surface area contributed by atoms with Crippen LogP contribution >= 0.6 is 11.3 Å². The number of carbonyl (C=O) groups is 1. The molecule has 1 saturated heterocycles. The van der Waals surface area contributed by atoms with Gasteiger partial charge in [0, 0.05) is 51.4 Å². The van der Waals surface area contributed by atoms with Crippen LogP contribution in [0, 0.1) is 6.92 Å². The summed E-state index contributed by atoms with van der Waals surface area (Å²) < 4.78 is 35.4. The zero-order chi connectivity index (χ0) is 21.6. The Balaban J connectivity index is 1.75. The third kappa shape index (κ3) is 3.41. The minimum atomic E-state index is -3.74. The number of ether oxygens (including phenoxy) is 1. The topological polar surface area (TPSA) is 97.6 Å². The van der Waals surface area contributed by atoms with Crippen molar-refractivity contribution < 1.29 is 17.9 Å². The molecule has 3 aromatic heterocycles. The predicted octanol–water partition coefficient (Wildman–Crippen LogP) is 1.80. The second kappa shape index (κ2) is 7.73. The Labute approximate surface area is 178 Å². The third-order valence-corrected chi connectivity index (χ3v) is 8.35. The summed E-state index contributed by atoms with van der Waals surface area (Å²) in [6.45, 7) is 2.32. The minimum Gasteiger partial charge on any atom is -0.371 e. The summed E-state index contributed by atoms with van der Waals surface area (Å²) in [6, 6.07) is 3.70. The zero-order valence-electron chi connectivity index (χ0n) is 17.2. The van der Waals surface area contributed by atoms with Gasteiger partial charge >= 0.3 is 0 Å². The minimum absolute atomic E-state index is 0.116. The van der Waals surface area contributed by atoms with Crippen LogP contribution in [-0.4, -0.2) is 72.1 Å². The van der Waals surface area contributed by atoms with Crippen LogP contribution in [-0.2, 0) is 21.8 Å². The molecule has 1 aliphatic rings. The van der Waals surface area contributed by atoms with Crippen molar-refractivity contribution in [1.82, 2.24) is 24.0 Å². The summed E-state index contributed by atoms with van der Waals surface area (Å²) >= 11 is 1.30. The molecule has 0 aromatic carbocycles. The van der Waals surface area contributed by atoms with Crippen LogP contribution < -0.4 is 0 Å². The standard InChI is InChI=1S/C19H23N5O4S2/c1-12-15(10-21-23(12)4)30(26,27)24-8-9-28-14(11-24)16-13-6-5-7-20-18(13)29-17(16)19(25)22(2)3/h5-7,10,14H,8-9,11H2,1-4H3/t14-/m0/s1. The number of hydrogen-bond acceptors (Lipinski definition) is 7. The number of morpholine rings is 1. The number of aromatic nitrogens is 3. The maximum absolute atomic E-state index is 13.3. The quantitative estimate of drug-likeness (QED) is 0.603. The van der Waals surface area contributed by atoms with Crippen LogP contribution in [0.5, 0.6) is 0 Å². The molecular weight excluding hydrogens is 426 g/mol. The average molecular weight is 450 g/mol. The van der Waals surface area contributed by atoms with E-state index >= 15 is 0 Å². The molecule has 3 aromatic rings. The van der Waals surface area contributed by atoms with Gasteiger partial charge in [-0.2, -0.15) is 9.40 Å². The van der Waals surface area contributed by atoms with Gasteiger partial charge in [-0.15, -0.1) is 11.3 Å². The van der Waals surface area contributed by atoms with Gasteiger partial charge in [0.15, 0.2) is 0 Å². The monoisotopic (exact) mass is 449 g/mol. The van der Waals surface area contributed by atoms with E-state index in [1.807, 2.05) is 6.07 Å². The zero-order valence-corrected chi connectivity index (χ0v) is 18.8. The van der Waals surface area contributed by atoms with Crippen molar-refractivity contribution in [1.29, 1.82) is 0 Å². The van der Waals surface area contributed by atoms with Crippen LogP contribution in [0.1, 0.15) is 27.0 Å². The summed E-state index contributed by atoms with van der Waals surface area (Å²) in [4.78, 5) is 20.2. The van der Waals surface area contributed by atoms with E-state index in [1.54, 1.807) is 40.3 Å². The average Bonchev–Trinajstić information content (AvgIpc) is 3.28. The molecule has 0 saturated carbocycles. The van der Waals surface area contributed by atoms with Crippen molar-refractivity contribution >= 4 is 37.5 Å². The molecular formula is C19H23N5O4S2. The molecule has 4 heterocycles. The van der Waals surface area contributed by atoms with Gasteiger partial charge in [0.2, 0.25) is 10.0 Å². The largest absolute Gasteiger partial charge is 0.371 e.